The van der Waals surface area contributed by atoms with Gasteiger partial charge < -0.3 is 15.8 Å². The molecule has 20 heavy (non-hydrogen) atoms. The van der Waals surface area contributed by atoms with Crippen LogP contribution in [0.2, 0.25) is 0 Å². The van der Waals surface area contributed by atoms with Crippen LogP contribution < -0.4 is 15.8 Å². The fraction of sp³-hybridized carbons (Fsp3) is 0.133. The molecule has 0 spiro atoms. The summed E-state index contributed by atoms with van der Waals surface area (Å²) in [5, 5.41) is 2.93. The number of primary amides is 1. The van der Waals surface area contributed by atoms with Crippen LogP contribution in [0.1, 0.15) is 6.92 Å². The van der Waals surface area contributed by atoms with Crippen molar-refractivity contribution in [3.05, 3.63) is 54.3 Å². The molecular weight excluding hydrogens is 259 g/mol. The normalized spacial score (nSPS) is 11.7. The summed E-state index contributed by atoms with van der Waals surface area (Å²) in [5.74, 6) is 0.266. The highest BCUT2D eigenvalue weighted by atomic mass is 19.1. The van der Waals surface area contributed by atoms with Crippen molar-refractivity contribution < 1.29 is 13.9 Å². The summed E-state index contributed by atoms with van der Waals surface area (Å²) in [6, 6.07) is 13.1. The summed E-state index contributed by atoms with van der Waals surface area (Å²) >= 11 is 0. The molecule has 4 nitrogen and oxygen atoms in total. The Morgan fingerprint density at radius 3 is 2.65 bits per heavy atom. The lowest BCUT2D eigenvalue weighted by atomic mass is 10.2. The number of rotatable bonds is 5. The largest absolute Gasteiger partial charge is 0.457 e. The van der Waals surface area contributed by atoms with Crippen LogP contribution in [0.15, 0.2) is 42.5 Å². The predicted molar refractivity (Wildman–Crippen MR) is 74.0 cm³/mol. The first-order valence-corrected chi connectivity index (χ1v) is 6.05. The highest BCUT2D eigenvalue weighted by Crippen LogP contribution is 2.24. The molecule has 0 saturated heterocycles. The van der Waals surface area contributed by atoms with Gasteiger partial charge in [0.1, 0.15) is 23.4 Å². The molecule has 3 N–H and O–H groups in total. The molecular formula is C15H14FN2O2. The Morgan fingerprint density at radius 2 is 2.00 bits per heavy atom. The molecule has 0 aromatic heterocycles. The van der Waals surface area contributed by atoms with Gasteiger partial charge in [-0.15, -0.1) is 0 Å². The lowest BCUT2D eigenvalue weighted by molar-refractivity contribution is -0.118. The van der Waals surface area contributed by atoms with Gasteiger partial charge in [-0.2, -0.15) is 0 Å². The minimum Gasteiger partial charge on any atom is -0.457 e. The van der Waals surface area contributed by atoms with E-state index in [1.54, 1.807) is 25.1 Å². The first kappa shape index (κ1) is 13.9. The molecule has 5 heteroatoms. The van der Waals surface area contributed by atoms with Crippen LogP contribution in [-0.4, -0.2) is 11.9 Å². The molecule has 0 aliphatic rings. The minimum absolute atomic E-state index is 0.324. The van der Waals surface area contributed by atoms with E-state index in [2.05, 4.69) is 11.4 Å². The Morgan fingerprint density at radius 1 is 1.30 bits per heavy atom. The number of hydrogen-bond acceptors (Lipinski definition) is 3. The average molecular weight is 273 g/mol. The summed E-state index contributed by atoms with van der Waals surface area (Å²) in [7, 11) is 0. The Bertz CT molecular complexity index is 599. The van der Waals surface area contributed by atoms with Crippen molar-refractivity contribution in [3.63, 3.8) is 0 Å². The predicted octanol–water partition coefficient (Wildman–Crippen LogP) is 2.70. The van der Waals surface area contributed by atoms with Crippen LogP contribution in [0.3, 0.4) is 0 Å². The first-order chi connectivity index (χ1) is 9.54. The van der Waals surface area contributed by atoms with Crippen molar-refractivity contribution in [3.8, 4) is 11.5 Å². The number of amides is 1. The van der Waals surface area contributed by atoms with Gasteiger partial charge in [-0.05, 0) is 49.4 Å². The third-order valence-corrected chi connectivity index (χ3v) is 2.62. The molecule has 1 unspecified atom stereocenters. The number of ether oxygens (including phenoxy) is 1. The second-order valence-electron chi connectivity index (χ2n) is 4.28. The SMILES string of the molecule is CC(Nc1c[c]cc(Oc2ccc(F)cc2)c1)C(N)=O. The number of benzene rings is 2. The van der Waals surface area contributed by atoms with E-state index in [4.69, 9.17) is 10.5 Å². The maximum atomic E-state index is 12.8. The van der Waals surface area contributed by atoms with E-state index in [1.165, 1.54) is 24.3 Å². The molecule has 2 aromatic carbocycles. The minimum atomic E-state index is -0.496. The van der Waals surface area contributed by atoms with Crippen LogP contribution in [0.4, 0.5) is 10.1 Å². The van der Waals surface area contributed by atoms with E-state index in [0.29, 0.717) is 17.2 Å². The molecule has 2 aromatic rings. The lowest BCUT2D eigenvalue weighted by Crippen LogP contribution is -2.32. The van der Waals surface area contributed by atoms with E-state index in [9.17, 15) is 9.18 Å². The molecule has 0 heterocycles. The van der Waals surface area contributed by atoms with Crippen LogP contribution in [0, 0.1) is 11.9 Å². The fourth-order valence-corrected chi connectivity index (χ4v) is 1.55. The Balaban J connectivity index is 2.09. The van der Waals surface area contributed by atoms with Gasteiger partial charge in [-0.1, -0.05) is 0 Å². The van der Waals surface area contributed by atoms with E-state index in [-0.39, 0.29) is 5.82 Å². The summed E-state index contributed by atoms with van der Waals surface area (Å²) in [6.07, 6.45) is 0. The van der Waals surface area contributed by atoms with E-state index in [1.807, 2.05) is 0 Å². The zero-order valence-electron chi connectivity index (χ0n) is 10.9. The van der Waals surface area contributed by atoms with Crippen LogP contribution >= 0.6 is 0 Å². The van der Waals surface area contributed by atoms with Gasteiger partial charge in [0.2, 0.25) is 5.91 Å². The number of carbonyl (C=O) groups excluding carboxylic acids is 1. The monoisotopic (exact) mass is 273 g/mol. The van der Waals surface area contributed by atoms with E-state index >= 15 is 0 Å². The zero-order valence-corrected chi connectivity index (χ0v) is 10.9. The third kappa shape index (κ3) is 3.71. The molecule has 0 aliphatic heterocycles. The van der Waals surface area contributed by atoms with Crippen LogP contribution in [-0.2, 0) is 4.79 Å². The van der Waals surface area contributed by atoms with Crippen molar-refractivity contribution >= 4 is 11.6 Å². The summed E-state index contributed by atoms with van der Waals surface area (Å²) in [4.78, 5) is 11.0. The van der Waals surface area contributed by atoms with Gasteiger partial charge >= 0.3 is 0 Å². The van der Waals surface area contributed by atoms with Gasteiger partial charge in [-0.3, -0.25) is 4.79 Å². The molecule has 1 amide bonds. The molecule has 103 valence electrons. The molecule has 0 fully saturated rings. The smallest absolute Gasteiger partial charge is 0.239 e. The van der Waals surface area contributed by atoms with Crippen molar-refractivity contribution in [1.82, 2.24) is 0 Å². The second kappa shape index (κ2) is 6.06. The molecule has 0 aliphatic carbocycles. The Hall–Kier alpha value is -2.56. The summed E-state index contributed by atoms with van der Waals surface area (Å²) in [5.41, 5.74) is 5.84. The van der Waals surface area contributed by atoms with Gasteiger partial charge in [0.15, 0.2) is 0 Å². The quantitative estimate of drug-likeness (QED) is 0.880. The topological polar surface area (TPSA) is 64.3 Å². The maximum absolute atomic E-state index is 12.8. The zero-order chi connectivity index (χ0) is 14.5. The third-order valence-electron chi connectivity index (χ3n) is 2.62. The first-order valence-electron chi connectivity index (χ1n) is 6.05. The number of anilines is 1. The van der Waals surface area contributed by atoms with Crippen molar-refractivity contribution in [1.29, 1.82) is 0 Å². The number of carbonyl (C=O) groups is 1. The van der Waals surface area contributed by atoms with Gasteiger partial charge in [-0.25, -0.2) is 4.39 Å². The van der Waals surface area contributed by atoms with E-state index < -0.39 is 11.9 Å². The second-order valence-corrected chi connectivity index (χ2v) is 4.28. The molecule has 2 rings (SSSR count). The highest BCUT2D eigenvalue weighted by Gasteiger charge is 2.08. The van der Waals surface area contributed by atoms with Crippen molar-refractivity contribution in [2.45, 2.75) is 13.0 Å². The Kier molecular flexibility index (Phi) is 4.20. The number of hydrogen-bond donors (Lipinski definition) is 2. The van der Waals surface area contributed by atoms with Gasteiger partial charge in [0.25, 0.3) is 0 Å². The summed E-state index contributed by atoms with van der Waals surface area (Å²) in [6.45, 7) is 1.66. The molecule has 0 saturated carbocycles. The fourth-order valence-electron chi connectivity index (χ4n) is 1.55. The Labute approximate surface area is 116 Å². The number of nitrogens with one attached hydrogen (secondary N) is 1. The number of nitrogens with two attached hydrogens (primary N) is 1. The summed E-state index contributed by atoms with van der Waals surface area (Å²) < 4.78 is 18.4. The lowest BCUT2D eigenvalue weighted by Gasteiger charge is -2.13. The van der Waals surface area contributed by atoms with Gasteiger partial charge in [0, 0.05) is 11.8 Å². The standard InChI is InChI=1S/C15H14FN2O2/c1-10(15(17)19)18-12-3-2-4-14(9-12)20-13-7-5-11(16)6-8-13/h3-10,18H,1H3,(H2,17,19). The number of halogens is 1. The average Bonchev–Trinajstić information content (AvgIpc) is 2.42. The van der Waals surface area contributed by atoms with E-state index in [0.717, 1.165) is 0 Å². The van der Waals surface area contributed by atoms with Gasteiger partial charge in [0.05, 0.1) is 0 Å². The maximum Gasteiger partial charge on any atom is 0.239 e. The highest BCUT2D eigenvalue weighted by molar-refractivity contribution is 5.82. The molecule has 1 radical (unpaired) electrons. The molecule has 1 atom stereocenters. The van der Waals surface area contributed by atoms with Crippen molar-refractivity contribution in [2.75, 3.05) is 5.32 Å². The molecule has 0 bridgehead atoms. The van der Waals surface area contributed by atoms with Crippen molar-refractivity contribution in [2.24, 2.45) is 5.73 Å². The van der Waals surface area contributed by atoms with Crippen LogP contribution in [0.25, 0.3) is 0 Å². The van der Waals surface area contributed by atoms with Crippen LogP contribution in [0.5, 0.6) is 11.5 Å².